The van der Waals surface area contributed by atoms with Crippen molar-refractivity contribution in [3.63, 3.8) is 0 Å². The van der Waals surface area contributed by atoms with Crippen LogP contribution in [0.3, 0.4) is 0 Å². The first-order chi connectivity index (χ1) is 9.49. The Balaban J connectivity index is 2.68. The average Bonchev–Trinajstić information content (AvgIpc) is 2.68. The summed E-state index contributed by atoms with van der Waals surface area (Å²) in [5, 5.41) is 4.58. The molecule has 0 spiro atoms. The van der Waals surface area contributed by atoms with Crippen LogP contribution in [0.25, 0.3) is 10.9 Å². The van der Waals surface area contributed by atoms with Gasteiger partial charge in [0.1, 0.15) is 5.75 Å². The van der Waals surface area contributed by atoms with Gasteiger partial charge in [-0.25, -0.2) is 0 Å². The summed E-state index contributed by atoms with van der Waals surface area (Å²) in [4.78, 5) is 0. The van der Waals surface area contributed by atoms with Crippen LogP contribution in [0.15, 0.2) is 18.3 Å². The summed E-state index contributed by atoms with van der Waals surface area (Å²) < 4.78 is 49.8. The second-order valence-corrected chi connectivity index (χ2v) is 3.76. The Morgan fingerprint density at radius 3 is 3.00 bits per heavy atom. The fourth-order valence-electron chi connectivity index (χ4n) is 1.66. The third kappa shape index (κ3) is 1.58. The van der Waals surface area contributed by atoms with Crippen molar-refractivity contribution < 1.29 is 13.0 Å². The predicted molar refractivity (Wildman–Crippen MR) is 61.4 cm³/mol. The molecule has 0 aliphatic rings. The minimum absolute atomic E-state index is 0.0712. The van der Waals surface area contributed by atoms with Crippen LogP contribution in [0.5, 0.6) is 5.75 Å². The van der Waals surface area contributed by atoms with Crippen LogP contribution >= 0.6 is 0 Å². The monoisotopic (exact) mass is 210 g/mol. The highest BCUT2D eigenvalue weighted by Gasteiger charge is 2.10. The molecule has 0 bridgehead atoms. The lowest BCUT2D eigenvalue weighted by atomic mass is 9.99. The number of nitrogens with zero attached hydrogens (tertiary/aromatic N) is 2. The fourth-order valence-corrected chi connectivity index (χ4v) is 1.66. The van der Waals surface area contributed by atoms with Crippen molar-refractivity contribution in [2.75, 3.05) is 7.04 Å². The van der Waals surface area contributed by atoms with Crippen LogP contribution in [0, 0.1) is 0 Å². The summed E-state index contributed by atoms with van der Waals surface area (Å²) in [6.07, 6.45) is 1.48. The molecule has 0 N–H and O–H groups in total. The molecule has 0 saturated carbocycles. The van der Waals surface area contributed by atoms with Gasteiger partial charge in [0, 0.05) is 22.5 Å². The molecule has 2 rings (SSSR count). The smallest absolute Gasteiger partial charge is 0.121 e. The lowest BCUT2D eigenvalue weighted by molar-refractivity contribution is 0.414. The normalized spacial score (nSPS) is 18.9. The lowest BCUT2D eigenvalue weighted by Crippen LogP contribution is -1.94. The summed E-state index contributed by atoms with van der Waals surface area (Å²) >= 11 is 0. The van der Waals surface area contributed by atoms with E-state index in [0.29, 0.717) is 10.9 Å². The minimum atomic E-state index is -2.59. The lowest BCUT2D eigenvalue weighted by Gasteiger charge is -2.09. The van der Waals surface area contributed by atoms with Crippen molar-refractivity contribution in [3.8, 4) is 5.75 Å². The van der Waals surface area contributed by atoms with Crippen LogP contribution in [0.4, 0.5) is 0 Å². The number of aromatic nitrogens is 2. The van der Waals surface area contributed by atoms with Gasteiger partial charge in [-0.05, 0) is 17.5 Å². The number of hydrogen-bond acceptors (Lipinski definition) is 2. The zero-order valence-electron chi connectivity index (χ0n) is 14.6. The summed E-state index contributed by atoms with van der Waals surface area (Å²) in [5.74, 6) is 0.180. The van der Waals surface area contributed by atoms with Crippen LogP contribution in [0.2, 0.25) is 0 Å². The second-order valence-electron chi connectivity index (χ2n) is 3.76. The van der Waals surface area contributed by atoms with E-state index in [4.69, 9.17) is 13.0 Å². The molecule has 80 valence electrons. The van der Waals surface area contributed by atoms with Gasteiger partial charge in [-0.3, -0.25) is 4.68 Å². The summed E-state index contributed by atoms with van der Waals surface area (Å²) in [6.45, 7) is 1.43. The molecule has 0 fully saturated rings. The van der Waals surface area contributed by atoms with Gasteiger partial charge in [-0.2, -0.15) is 5.10 Å². The molecule has 0 saturated heterocycles. The van der Waals surface area contributed by atoms with E-state index in [9.17, 15) is 0 Å². The number of ether oxygens (including phenoxy) is 1. The molecule has 0 atom stereocenters. The van der Waals surface area contributed by atoms with E-state index in [-0.39, 0.29) is 11.7 Å². The first kappa shape index (κ1) is 5.01. The third-order valence-electron chi connectivity index (χ3n) is 2.43. The van der Waals surface area contributed by atoms with Gasteiger partial charge in [0.15, 0.2) is 0 Å². The molecule has 3 heteroatoms. The van der Waals surface area contributed by atoms with E-state index < -0.39 is 14.0 Å². The van der Waals surface area contributed by atoms with Crippen LogP contribution in [-0.4, -0.2) is 16.8 Å². The van der Waals surface area contributed by atoms with Crippen LogP contribution in [0.1, 0.15) is 33.6 Å². The van der Waals surface area contributed by atoms with E-state index in [1.165, 1.54) is 12.3 Å². The number of rotatable bonds is 2. The first-order valence-electron chi connectivity index (χ1n) is 7.70. The highest BCUT2D eigenvalue weighted by molar-refractivity contribution is 5.84. The van der Waals surface area contributed by atoms with Crippen molar-refractivity contribution in [1.29, 1.82) is 0 Å². The Morgan fingerprint density at radius 1 is 1.47 bits per heavy atom. The SMILES string of the molecule is [2H]C([2H])([2H])Oc1cc(C(C)C)c2cnn(C([2H])([2H])[2H])c2c1. The van der Waals surface area contributed by atoms with Gasteiger partial charge in [0.2, 0.25) is 0 Å². The summed E-state index contributed by atoms with van der Waals surface area (Å²) in [5.41, 5.74) is 1.13. The van der Waals surface area contributed by atoms with Crippen molar-refractivity contribution in [2.45, 2.75) is 19.8 Å². The molecule has 0 amide bonds. The molecule has 3 nitrogen and oxygen atoms in total. The van der Waals surface area contributed by atoms with Gasteiger partial charge in [0.25, 0.3) is 0 Å². The zero-order valence-corrected chi connectivity index (χ0v) is 8.61. The Bertz CT molecular complexity index is 656. The Hall–Kier alpha value is -1.51. The van der Waals surface area contributed by atoms with E-state index in [1.807, 2.05) is 13.8 Å². The van der Waals surface area contributed by atoms with Gasteiger partial charge >= 0.3 is 0 Å². The van der Waals surface area contributed by atoms with Gasteiger partial charge in [0.05, 0.1) is 22.9 Å². The van der Waals surface area contributed by atoms with Crippen LogP contribution in [-0.2, 0) is 6.98 Å². The molecular formula is C12H16N2O. The Labute approximate surface area is 98.1 Å². The summed E-state index contributed by atoms with van der Waals surface area (Å²) in [6, 6.07) is 3.01. The molecular weight excluding hydrogens is 188 g/mol. The number of benzene rings is 1. The molecule has 0 radical (unpaired) electrons. The zero-order chi connectivity index (χ0) is 16.0. The Kier molecular flexibility index (Phi) is 1.19. The van der Waals surface area contributed by atoms with E-state index in [1.54, 1.807) is 6.07 Å². The van der Waals surface area contributed by atoms with Crippen molar-refractivity contribution in [3.05, 3.63) is 23.9 Å². The number of methoxy groups -OCH3 is 1. The third-order valence-corrected chi connectivity index (χ3v) is 2.43. The van der Waals surface area contributed by atoms with Crippen molar-refractivity contribution >= 4 is 10.9 Å². The largest absolute Gasteiger partial charge is 0.497 e. The van der Waals surface area contributed by atoms with Gasteiger partial charge in [-0.1, -0.05) is 13.8 Å². The number of aryl methyl sites for hydroxylation is 1. The summed E-state index contributed by atoms with van der Waals surface area (Å²) in [7, 11) is -2.59. The topological polar surface area (TPSA) is 27.1 Å². The maximum atomic E-state index is 7.48. The van der Waals surface area contributed by atoms with Gasteiger partial charge in [-0.15, -0.1) is 0 Å². The van der Waals surface area contributed by atoms with Crippen molar-refractivity contribution in [2.24, 2.45) is 6.98 Å². The fraction of sp³-hybridized carbons (Fsp3) is 0.417. The number of fused-ring (bicyclic) bond motifs is 1. The standard InChI is InChI=1S/C12H16N2O/c1-8(2)10-5-9(15-4)6-12-11(10)7-13-14(12)3/h5-8H,1-4H3/i3D3,4D3. The predicted octanol–water partition coefficient (Wildman–Crippen LogP) is 2.71. The van der Waals surface area contributed by atoms with E-state index in [2.05, 4.69) is 5.10 Å². The second kappa shape index (κ2) is 3.57. The molecule has 2 aromatic rings. The molecule has 1 aromatic carbocycles. The minimum Gasteiger partial charge on any atom is -0.497 e. The first-order valence-corrected chi connectivity index (χ1v) is 4.70. The van der Waals surface area contributed by atoms with E-state index in [0.717, 1.165) is 10.2 Å². The molecule has 0 aliphatic carbocycles. The molecule has 1 heterocycles. The van der Waals surface area contributed by atoms with E-state index >= 15 is 0 Å². The quantitative estimate of drug-likeness (QED) is 0.762. The Morgan fingerprint density at radius 2 is 2.33 bits per heavy atom. The highest BCUT2D eigenvalue weighted by atomic mass is 16.5. The average molecular weight is 210 g/mol. The molecule has 0 unspecified atom stereocenters. The van der Waals surface area contributed by atoms with Crippen LogP contribution < -0.4 is 4.74 Å². The van der Waals surface area contributed by atoms with Crippen molar-refractivity contribution in [1.82, 2.24) is 9.78 Å². The molecule has 1 aromatic heterocycles. The maximum absolute atomic E-state index is 7.48. The molecule has 15 heavy (non-hydrogen) atoms. The number of hydrogen-bond donors (Lipinski definition) is 0. The maximum Gasteiger partial charge on any atom is 0.121 e. The van der Waals surface area contributed by atoms with Gasteiger partial charge < -0.3 is 4.74 Å². The molecule has 0 aliphatic heterocycles. The highest BCUT2D eigenvalue weighted by Crippen LogP contribution is 2.29.